The Bertz CT molecular complexity index is 897. The van der Waals surface area contributed by atoms with Gasteiger partial charge in [-0.25, -0.2) is 14.4 Å². The second kappa shape index (κ2) is 12.3. The number of aromatic nitrogens is 2. The van der Waals surface area contributed by atoms with E-state index in [1.807, 2.05) is 18.2 Å². The Morgan fingerprint density at radius 1 is 1.00 bits per heavy atom. The second-order valence-electron chi connectivity index (χ2n) is 8.13. The molecule has 0 amide bonds. The zero-order chi connectivity index (χ0) is 22.3. The number of anilines is 2. The van der Waals surface area contributed by atoms with E-state index in [-0.39, 0.29) is 29.8 Å². The van der Waals surface area contributed by atoms with E-state index in [0.29, 0.717) is 12.2 Å². The quantitative estimate of drug-likeness (QED) is 0.338. The number of nitrogens with zero attached hydrogens (tertiary/aromatic N) is 7. The van der Waals surface area contributed by atoms with Crippen molar-refractivity contribution in [3.8, 4) is 0 Å². The highest BCUT2D eigenvalue weighted by atomic mass is 127. The van der Waals surface area contributed by atoms with Crippen LogP contribution in [0.2, 0.25) is 0 Å². The number of guanidine groups is 1. The first-order chi connectivity index (χ1) is 15.7. The molecule has 2 saturated heterocycles. The molecule has 33 heavy (non-hydrogen) atoms. The molecule has 4 rings (SSSR count). The third-order valence-electron chi connectivity index (χ3n) is 6.25. The smallest absolute Gasteiger partial charge is 0.225 e. The van der Waals surface area contributed by atoms with Gasteiger partial charge in [-0.05, 0) is 30.3 Å². The van der Waals surface area contributed by atoms with Crippen LogP contribution >= 0.6 is 24.0 Å². The Labute approximate surface area is 212 Å². The van der Waals surface area contributed by atoms with E-state index in [1.54, 1.807) is 25.5 Å². The maximum absolute atomic E-state index is 14.8. The number of aliphatic imine (C=N–C) groups is 1. The van der Waals surface area contributed by atoms with Crippen molar-refractivity contribution in [1.29, 1.82) is 0 Å². The van der Waals surface area contributed by atoms with E-state index in [2.05, 4.69) is 46.8 Å². The Balaban J connectivity index is 0.00000306. The van der Waals surface area contributed by atoms with Crippen molar-refractivity contribution >= 4 is 41.6 Å². The Kier molecular flexibility index (Phi) is 9.48. The van der Waals surface area contributed by atoms with Gasteiger partial charge in [0.25, 0.3) is 0 Å². The van der Waals surface area contributed by atoms with Crippen molar-refractivity contribution in [3.05, 3.63) is 48.0 Å². The Morgan fingerprint density at radius 2 is 1.67 bits per heavy atom. The van der Waals surface area contributed by atoms with Gasteiger partial charge in [0, 0.05) is 78.3 Å². The fourth-order valence-corrected chi connectivity index (χ4v) is 4.31. The number of halogens is 2. The Hall–Kier alpha value is -2.21. The van der Waals surface area contributed by atoms with Crippen LogP contribution in [0.3, 0.4) is 0 Å². The summed E-state index contributed by atoms with van der Waals surface area (Å²) >= 11 is 0. The van der Waals surface area contributed by atoms with Crippen LogP contribution in [0.4, 0.5) is 16.0 Å². The van der Waals surface area contributed by atoms with Gasteiger partial charge in [0.1, 0.15) is 5.82 Å². The molecular weight excluding hydrogens is 534 g/mol. The van der Waals surface area contributed by atoms with E-state index in [1.165, 1.54) is 0 Å². The Morgan fingerprint density at radius 3 is 2.27 bits per heavy atom. The van der Waals surface area contributed by atoms with Gasteiger partial charge in [0.2, 0.25) is 5.95 Å². The molecule has 0 atom stereocenters. The van der Waals surface area contributed by atoms with E-state index in [9.17, 15) is 4.39 Å². The third-order valence-corrected chi connectivity index (χ3v) is 6.25. The van der Waals surface area contributed by atoms with Crippen LogP contribution in [0, 0.1) is 5.82 Å². The first-order valence-corrected chi connectivity index (χ1v) is 11.4. The van der Waals surface area contributed by atoms with Crippen molar-refractivity contribution in [3.63, 3.8) is 0 Å². The summed E-state index contributed by atoms with van der Waals surface area (Å²) in [7, 11) is 1.79. The molecule has 0 aliphatic carbocycles. The number of likely N-dealkylation sites (N-methyl/N-ethyl adjacent to an activating group) is 1. The highest BCUT2D eigenvalue weighted by Crippen LogP contribution is 2.22. The van der Waals surface area contributed by atoms with Crippen LogP contribution in [0.5, 0.6) is 0 Å². The van der Waals surface area contributed by atoms with E-state index in [0.717, 1.165) is 76.4 Å². The van der Waals surface area contributed by atoms with Gasteiger partial charge in [-0.3, -0.25) is 4.99 Å². The van der Waals surface area contributed by atoms with Crippen LogP contribution in [0.25, 0.3) is 0 Å². The largest absolute Gasteiger partial charge is 0.367 e. The predicted molar refractivity (Wildman–Crippen MR) is 142 cm³/mol. The average molecular weight is 568 g/mol. The summed E-state index contributed by atoms with van der Waals surface area (Å²) in [5, 5.41) is 3.39. The van der Waals surface area contributed by atoms with Crippen molar-refractivity contribution in [2.45, 2.75) is 13.5 Å². The molecule has 0 spiro atoms. The maximum Gasteiger partial charge on any atom is 0.225 e. The number of piperazine rings is 2. The molecule has 1 aromatic carbocycles. The molecule has 2 aliphatic heterocycles. The van der Waals surface area contributed by atoms with E-state index < -0.39 is 0 Å². The number of benzene rings is 1. The predicted octanol–water partition coefficient (Wildman–Crippen LogP) is 2.27. The van der Waals surface area contributed by atoms with Gasteiger partial charge in [0.15, 0.2) is 5.96 Å². The molecule has 8 nitrogen and oxygen atoms in total. The molecule has 2 fully saturated rings. The monoisotopic (exact) mass is 568 g/mol. The minimum Gasteiger partial charge on any atom is -0.367 e. The van der Waals surface area contributed by atoms with Crippen molar-refractivity contribution in [1.82, 2.24) is 25.1 Å². The lowest BCUT2D eigenvalue weighted by Gasteiger charge is -2.36. The summed E-state index contributed by atoms with van der Waals surface area (Å²) < 4.78 is 14.8. The minimum absolute atomic E-state index is 0. The minimum atomic E-state index is -0.152. The van der Waals surface area contributed by atoms with Gasteiger partial charge >= 0.3 is 0 Å². The molecule has 2 aliphatic rings. The third kappa shape index (κ3) is 6.44. The number of nitrogens with one attached hydrogen (secondary N) is 1. The standard InChI is InChI=1S/C23H33FN8.HI/c1-3-29-9-11-30(12-10-29)21-6-5-19(17-20(21)24)18-28-22(25-2)31-13-15-32(16-14-31)23-26-7-4-8-27-23;/h4-8,17H,3,9-16,18H2,1-2H3,(H,25,28);1H. The van der Waals surface area contributed by atoms with Crippen molar-refractivity contribution in [2.24, 2.45) is 4.99 Å². The maximum atomic E-state index is 14.8. The summed E-state index contributed by atoms with van der Waals surface area (Å²) in [5.74, 6) is 1.45. The molecule has 1 N–H and O–H groups in total. The SMILES string of the molecule is CCN1CCN(c2ccc(CNC(=NC)N3CCN(c4ncccn4)CC3)cc2F)CC1.I. The molecule has 2 aromatic rings. The molecule has 0 saturated carbocycles. The zero-order valence-electron chi connectivity index (χ0n) is 19.5. The molecule has 10 heteroatoms. The fourth-order valence-electron chi connectivity index (χ4n) is 4.31. The van der Waals surface area contributed by atoms with Crippen LogP contribution in [-0.2, 0) is 6.54 Å². The molecule has 0 radical (unpaired) electrons. The van der Waals surface area contributed by atoms with Crippen LogP contribution in [0.1, 0.15) is 12.5 Å². The second-order valence-corrected chi connectivity index (χ2v) is 8.13. The van der Waals surface area contributed by atoms with E-state index in [4.69, 9.17) is 0 Å². The average Bonchev–Trinajstić information content (AvgIpc) is 2.85. The van der Waals surface area contributed by atoms with Crippen LogP contribution in [0.15, 0.2) is 41.7 Å². The molecular formula is C23H34FIN8. The van der Waals surface area contributed by atoms with Gasteiger partial charge < -0.3 is 24.9 Å². The number of hydrogen-bond donors (Lipinski definition) is 1. The zero-order valence-corrected chi connectivity index (χ0v) is 21.8. The lowest BCUT2D eigenvalue weighted by molar-refractivity contribution is 0.270. The summed E-state index contributed by atoms with van der Waals surface area (Å²) in [5.41, 5.74) is 1.61. The van der Waals surface area contributed by atoms with Crippen LogP contribution in [-0.4, -0.2) is 91.7 Å². The lowest BCUT2D eigenvalue weighted by atomic mass is 10.1. The topological polar surface area (TPSA) is 63.1 Å². The molecule has 1 aromatic heterocycles. The van der Waals surface area contributed by atoms with Gasteiger partial charge in [-0.1, -0.05) is 13.0 Å². The number of hydrogen-bond acceptors (Lipinski definition) is 6. The van der Waals surface area contributed by atoms with Crippen LogP contribution < -0.4 is 15.1 Å². The normalized spacial score (nSPS) is 17.7. The summed E-state index contributed by atoms with van der Waals surface area (Å²) in [6.45, 7) is 10.8. The van der Waals surface area contributed by atoms with Crippen molar-refractivity contribution in [2.75, 3.05) is 75.8 Å². The summed E-state index contributed by atoms with van der Waals surface area (Å²) in [6.07, 6.45) is 3.54. The molecule has 180 valence electrons. The summed E-state index contributed by atoms with van der Waals surface area (Å²) in [6, 6.07) is 7.39. The van der Waals surface area contributed by atoms with Gasteiger partial charge in [-0.15, -0.1) is 24.0 Å². The van der Waals surface area contributed by atoms with E-state index >= 15 is 0 Å². The first kappa shape index (κ1) is 25.4. The highest BCUT2D eigenvalue weighted by molar-refractivity contribution is 14.0. The lowest BCUT2D eigenvalue weighted by Crippen LogP contribution is -2.52. The highest BCUT2D eigenvalue weighted by Gasteiger charge is 2.22. The van der Waals surface area contributed by atoms with Crippen molar-refractivity contribution < 1.29 is 4.39 Å². The van der Waals surface area contributed by atoms with Gasteiger partial charge in [-0.2, -0.15) is 0 Å². The first-order valence-electron chi connectivity index (χ1n) is 11.4. The summed E-state index contributed by atoms with van der Waals surface area (Å²) in [4.78, 5) is 22.0. The fraction of sp³-hybridized carbons (Fsp3) is 0.522. The molecule has 3 heterocycles. The number of rotatable bonds is 5. The van der Waals surface area contributed by atoms with Gasteiger partial charge in [0.05, 0.1) is 5.69 Å². The molecule has 0 bridgehead atoms. The molecule has 0 unspecified atom stereocenters.